The van der Waals surface area contributed by atoms with E-state index in [0.717, 1.165) is 12.1 Å². The van der Waals surface area contributed by atoms with E-state index in [9.17, 15) is 4.79 Å². The molecule has 0 saturated heterocycles. The van der Waals surface area contributed by atoms with Gasteiger partial charge in [0.25, 0.3) is 0 Å². The first-order valence-electron chi connectivity index (χ1n) is 8.00. The maximum Gasteiger partial charge on any atom is 0.356 e. The van der Waals surface area contributed by atoms with E-state index in [1.54, 1.807) is 11.6 Å². The van der Waals surface area contributed by atoms with Crippen LogP contribution in [0.2, 0.25) is 18.1 Å². The summed E-state index contributed by atoms with van der Waals surface area (Å²) >= 11 is 0. The summed E-state index contributed by atoms with van der Waals surface area (Å²) in [6, 6.07) is 1.81. The normalized spacial score (nSPS) is 12.5. The minimum atomic E-state index is -1.78. The Labute approximate surface area is 135 Å². The number of esters is 1. The lowest BCUT2D eigenvalue weighted by atomic mass is 10.2. The van der Waals surface area contributed by atoms with Crippen LogP contribution in [-0.4, -0.2) is 37.3 Å². The van der Waals surface area contributed by atoms with Crippen LogP contribution in [0.4, 0.5) is 0 Å². The van der Waals surface area contributed by atoms with E-state index >= 15 is 0 Å². The largest absolute Gasteiger partial charge is 0.461 e. The van der Waals surface area contributed by atoms with Crippen LogP contribution in [0.3, 0.4) is 0 Å². The molecule has 1 rings (SSSR count). The first-order chi connectivity index (χ1) is 10.1. The van der Waals surface area contributed by atoms with Crippen molar-refractivity contribution in [3.05, 3.63) is 17.5 Å². The highest BCUT2D eigenvalue weighted by atomic mass is 28.4. The minimum absolute atomic E-state index is 0.176. The van der Waals surface area contributed by atoms with E-state index < -0.39 is 8.32 Å². The number of carbonyl (C=O) groups is 1. The van der Waals surface area contributed by atoms with Crippen molar-refractivity contribution in [3.8, 4) is 0 Å². The lowest BCUT2D eigenvalue weighted by Crippen LogP contribution is -2.41. The average molecular weight is 327 g/mol. The highest BCUT2D eigenvalue weighted by Crippen LogP contribution is 2.36. The number of hydrogen-bond donors (Lipinski definition) is 0. The molecule has 1 aromatic heterocycles. The molecule has 1 heterocycles. The summed E-state index contributed by atoms with van der Waals surface area (Å²) in [5, 5.41) is 4.64. The molecule has 0 spiro atoms. The van der Waals surface area contributed by atoms with Crippen molar-refractivity contribution in [2.75, 3.05) is 13.2 Å². The molecule has 0 atom stereocenters. The van der Waals surface area contributed by atoms with Crippen LogP contribution in [0.25, 0.3) is 0 Å². The van der Waals surface area contributed by atoms with Gasteiger partial charge < -0.3 is 9.16 Å². The van der Waals surface area contributed by atoms with Crippen molar-refractivity contribution in [2.45, 2.75) is 65.7 Å². The van der Waals surface area contributed by atoms with Crippen LogP contribution in [-0.2, 0) is 22.1 Å². The van der Waals surface area contributed by atoms with Crippen molar-refractivity contribution in [1.82, 2.24) is 9.78 Å². The zero-order valence-electron chi connectivity index (χ0n) is 15.0. The number of aryl methyl sites for hydroxylation is 1. The van der Waals surface area contributed by atoms with E-state index in [2.05, 4.69) is 39.0 Å². The third-order valence-electron chi connectivity index (χ3n) is 4.25. The Balaban J connectivity index is 2.77. The third kappa shape index (κ3) is 4.68. The molecule has 6 heteroatoms. The maximum atomic E-state index is 12.0. The Morgan fingerprint density at radius 1 is 1.32 bits per heavy atom. The molecule has 126 valence electrons. The highest BCUT2D eigenvalue weighted by molar-refractivity contribution is 6.74. The van der Waals surface area contributed by atoms with E-state index in [1.165, 1.54) is 0 Å². The Bertz CT molecular complexity index is 504. The molecule has 0 fully saturated rings. The van der Waals surface area contributed by atoms with Crippen molar-refractivity contribution in [2.24, 2.45) is 0 Å². The molecule has 0 radical (unpaired) electrons. The summed E-state index contributed by atoms with van der Waals surface area (Å²) in [5.74, 6) is -0.318. The second-order valence-electron chi connectivity index (χ2n) is 6.93. The fourth-order valence-electron chi connectivity index (χ4n) is 1.79. The van der Waals surface area contributed by atoms with Gasteiger partial charge in [0.05, 0.1) is 25.5 Å². The van der Waals surface area contributed by atoms with Crippen molar-refractivity contribution >= 4 is 14.3 Å². The first-order valence-corrected chi connectivity index (χ1v) is 10.9. The average Bonchev–Trinajstić information content (AvgIpc) is 2.81. The maximum absolute atomic E-state index is 12.0. The van der Waals surface area contributed by atoms with Crippen LogP contribution in [0.1, 0.15) is 50.8 Å². The van der Waals surface area contributed by atoms with Gasteiger partial charge >= 0.3 is 5.97 Å². The molecular weight excluding hydrogens is 296 g/mol. The Morgan fingerprint density at radius 2 is 1.95 bits per heavy atom. The highest BCUT2D eigenvalue weighted by Gasteiger charge is 2.37. The molecule has 1 aromatic rings. The van der Waals surface area contributed by atoms with Crippen molar-refractivity contribution in [1.29, 1.82) is 0 Å². The molecule has 0 amide bonds. The third-order valence-corrected chi connectivity index (χ3v) is 8.79. The standard InChI is InChI=1S/C16H30N2O3Si/c1-8-13-12-14(15(19)20-9-2)18(17-13)10-11-21-22(6,7)16(3,4)5/h12H,8-11H2,1-7H3. The van der Waals surface area contributed by atoms with Gasteiger partial charge in [0.2, 0.25) is 0 Å². The molecule has 0 unspecified atom stereocenters. The summed E-state index contributed by atoms with van der Waals surface area (Å²) in [6.45, 7) is 16.4. The van der Waals surface area contributed by atoms with Crippen molar-refractivity contribution < 1.29 is 14.0 Å². The molecule has 0 bridgehead atoms. The van der Waals surface area contributed by atoms with E-state index in [0.29, 0.717) is 25.5 Å². The van der Waals surface area contributed by atoms with Crippen LogP contribution in [0.5, 0.6) is 0 Å². The van der Waals surface area contributed by atoms with E-state index in [1.807, 2.05) is 13.0 Å². The molecule has 0 N–H and O–H groups in total. The van der Waals surface area contributed by atoms with Gasteiger partial charge in [-0.3, -0.25) is 4.68 Å². The first kappa shape index (κ1) is 18.9. The van der Waals surface area contributed by atoms with Crippen LogP contribution < -0.4 is 0 Å². The molecule has 0 aliphatic heterocycles. The number of rotatable bonds is 7. The van der Waals surface area contributed by atoms with Gasteiger partial charge in [-0.2, -0.15) is 5.10 Å². The number of aromatic nitrogens is 2. The molecule has 0 aliphatic carbocycles. The van der Waals surface area contributed by atoms with Crippen LogP contribution in [0.15, 0.2) is 6.07 Å². The van der Waals surface area contributed by atoms with Gasteiger partial charge in [-0.25, -0.2) is 4.79 Å². The topological polar surface area (TPSA) is 53.3 Å². The lowest BCUT2D eigenvalue weighted by molar-refractivity contribution is 0.0510. The Kier molecular flexibility index (Phi) is 6.37. The van der Waals surface area contributed by atoms with Gasteiger partial charge in [-0.05, 0) is 37.5 Å². The van der Waals surface area contributed by atoms with Crippen LogP contribution >= 0.6 is 0 Å². The zero-order chi connectivity index (χ0) is 17.0. The van der Waals surface area contributed by atoms with Gasteiger partial charge in [-0.15, -0.1) is 0 Å². The Hall–Kier alpha value is -1.14. The summed E-state index contributed by atoms with van der Waals surface area (Å²) < 4.78 is 13.0. The quantitative estimate of drug-likeness (QED) is 0.567. The lowest BCUT2D eigenvalue weighted by Gasteiger charge is -2.36. The van der Waals surface area contributed by atoms with Crippen molar-refractivity contribution in [3.63, 3.8) is 0 Å². The molecule has 22 heavy (non-hydrogen) atoms. The second-order valence-corrected chi connectivity index (χ2v) is 11.7. The fourth-order valence-corrected chi connectivity index (χ4v) is 2.82. The van der Waals surface area contributed by atoms with E-state index in [-0.39, 0.29) is 11.0 Å². The smallest absolute Gasteiger partial charge is 0.356 e. The molecule has 5 nitrogen and oxygen atoms in total. The van der Waals surface area contributed by atoms with Crippen LogP contribution in [0, 0.1) is 0 Å². The number of nitrogens with zero attached hydrogens (tertiary/aromatic N) is 2. The van der Waals surface area contributed by atoms with E-state index in [4.69, 9.17) is 9.16 Å². The second kappa shape index (κ2) is 7.42. The number of ether oxygens (including phenoxy) is 1. The monoisotopic (exact) mass is 326 g/mol. The molecular formula is C16H30N2O3Si. The fraction of sp³-hybridized carbons (Fsp3) is 0.750. The predicted octanol–water partition coefficient (Wildman–Crippen LogP) is 3.64. The minimum Gasteiger partial charge on any atom is -0.461 e. The van der Waals surface area contributed by atoms with Gasteiger partial charge in [0.15, 0.2) is 8.32 Å². The Morgan fingerprint density at radius 3 is 2.45 bits per heavy atom. The predicted molar refractivity (Wildman–Crippen MR) is 90.7 cm³/mol. The summed E-state index contributed by atoms with van der Waals surface area (Å²) in [5.41, 5.74) is 1.41. The summed E-state index contributed by atoms with van der Waals surface area (Å²) in [7, 11) is -1.78. The molecule has 0 saturated carbocycles. The zero-order valence-corrected chi connectivity index (χ0v) is 16.0. The SMILES string of the molecule is CCOC(=O)c1cc(CC)nn1CCO[Si](C)(C)C(C)(C)C. The molecule has 0 aromatic carbocycles. The summed E-state index contributed by atoms with van der Waals surface area (Å²) in [6.07, 6.45) is 0.794. The van der Waals surface area contributed by atoms with Gasteiger partial charge in [0, 0.05) is 0 Å². The summed E-state index contributed by atoms with van der Waals surface area (Å²) in [4.78, 5) is 12.0. The molecule has 0 aliphatic rings. The number of hydrogen-bond acceptors (Lipinski definition) is 4. The van der Waals surface area contributed by atoms with Gasteiger partial charge in [0.1, 0.15) is 5.69 Å². The van der Waals surface area contributed by atoms with Gasteiger partial charge in [-0.1, -0.05) is 27.7 Å². The number of carbonyl (C=O) groups excluding carboxylic acids is 1.